The van der Waals surface area contributed by atoms with Gasteiger partial charge in [0.2, 0.25) is 0 Å². The molecule has 146 valence electrons. The van der Waals surface area contributed by atoms with Gasteiger partial charge < -0.3 is 15.4 Å². The number of nitrogens with zero attached hydrogens (tertiary/aromatic N) is 1. The fourth-order valence-electron chi connectivity index (χ4n) is 2.14. The Kier molecular flexibility index (Phi) is 9.04. The first-order valence-corrected chi connectivity index (χ1v) is 10.4. The van der Waals surface area contributed by atoms with Crippen molar-refractivity contribution in [3.63, 3.8) is 0 Å². The summed E-state index contributed by atoms with van der Waals surface area (Å²) in [5, 5.41) is 17.6. The van der Waals surface area contributed by atoms with Crippen LogP contribution >= 0.6 is 23.1 Å². The van der Waals surface area contributed by atoms with Gasteiger partial charge in [0.05, 0.1) is 17.5 Å². The van der Waals surface area contributed by atoms with E-state index >= 15 is 0 Å². The molecule has 1 aromatic carbocycles. The van der Waals surface area contributed by atoms with E-state index in [2.05, 4.69) is 10.6 Å². The lowest BCUT2D eigenvalue weighted by Gasteiger charge is -2.10. The molecule has 9 heteroatoms. The molecule has 2 aromatic rings. The third kappa shape index (κ3) is 7.42. The molecule has 0 radical (unpaired) electrons. The smallest absolute Gasteiger partial charge is 0.306 e. The second kappa shape index (κ2) is 11.8. The van der Waals surface area contributed by atoms with E-state index in [4.69, 9.17) is 10.00 Å². The highest BCUT2D eigenvalue weighted by Gasteiger charge is 2.11. The first-order chi connectivity index (χ1) is 13.6. The van der Waals surface area contributed by atoms with Gasteiger partial charge in [-0.2, -0.15) is 16.6 Å². The van der Waals surface area contributed by atoms with Gasteiger partial charge in [-0.25, -0.2) is 0 Å². The van der Waals surface area contributed by atoms with Gasteiger partial charge in [-0.3, -0.25) is 14.4 Å². The Morgan fingerprint density at radius 1 is 1.21 bits per heavy atom. The Morgan fingerprint density at radius 2 is 2.04 bits per heavy atom. The molecule has 0 unspecified atom stereocenters. The van der Waals surface area contributed by atoms with Crippen LogP contribution in [0.25, 0.3) is 0 Å². The zero-order valence-electron chi connectivity index (χ0n) is 15.0. The standard InChI is InChI=1S/C19H19N3O4S2/c20-8-11-28-16-5-2-1-4-15(16)22-17(23)12-26-18(24)6-3-9-21-19(25)14-7-10-27-13-14/h1-2,4-5,7,10,13H,3,6,9,11-12H2,(H,21,25)(H,22,23). The Balaban J connectivity index is 1.65. The number of nitrogens with one attached hydrogen (secondary N) is 2. The van der Waals surface area contributed by atoms with E-state index in [1.165, 1.54) is 23.1 Å². The molecule has 0 aliphatic rings. The van der Waals surface area contributed by atoms with Crippen LogP contribution in [-0.2, 0) is 14.3 Å². The number of para-hydroxylation sites is 1. The lowest BCUT2D eigenvalue weighted by atomic mass is 10.3. The first kappa shape index (κ1) is 21.5. The van der Waals surface area contributed by atoms with Gasteiger partial charge in [-0.05, 0) is 30.0 Å². The fraction of sp³-hybridized carbons (Fsp3) is 0.263. The van der Waals surface area contributed by atoms with Crippen molar-refractivity contribution in [2.24, 2.45) is 0 Å². The number of anilines is 1. The summed E-state index contributed by atoms with van der Waals surface area (Å²) < 4.78 is 4.96. The number of thiophene rings is 1. The van der Waals surface area contributed by atoms with Crippen molar-refractivity contribution >= 4 is 46.6 Å². The molecule has 2 amide bonds. The van der Waals surface area contributed by atoms with E-state index < -0.39 is 18.5 Å². The average molecular weight is 418 g/mol. The molecule has 0 fully saturated rings. The number of carbonyl (C=O) groups is 3. The van der Waals surface area contributed by atoms with Crippen LogP contribution in [0.5, 0.6) is 0 Å². The molecule has 2 rings (SSSR count). The molecular formula is C19H19N3O4S2. The Bertz CT molecular complexity index is 847. The maximum Gasteiger partial charge on any atom is 0.306 e. The molecule has 0 saturated carbocycles. The highest BCUT2D eigenvalue weighted by Crippen LogP contribution is 2.26. The fourth-order valence-corrected chi connectivity index (χ4v) is 3.45. The average Bonchev–Trinajstić information content (AvgIpc) is 3.24. The number of amides is 2. The summed E-state index contributed by atoms with van der Waals surface area (Å²) in [6, 6.07) is 10.9. The third-order valence-electron chi connectivity index (χ3n) is 3.44. The highest BCUT2D eigenvalue weighted by atomic mass is 32.2. The second-order valence-electron chi connectivity index (χ2n) is 5.52. The minimum atomic E-state index is -0.507. The van der Waals surface area contributed by atoms with Crippen LogP contribution in [0.3, 0.4) is 0 Å². The number of benzene rings is 1. The molecule has 0 aliphatic carbocycles. The normalized spacial score (nSPS) is 9.96. The van der Waals surface area contributed by atoms with Gasteiger partial charge in [0.1, 0.15) is 0 Å². The van der Waals surface area contributed by atoms with Crippen LogP contribution in [-0.4, -0.2) is 36.7 Å². The quantitative estimate of drug-likeness (QED) is 0.349. The summed E-state index contributed by atoms with van der Waals surface area (Å²) >= 11 is 2.75. The van der Waals surface area contributed by atoms with Crippen LogP contribution in [0.4, 0.5) is 5.69 Å². The maximum atomic E-state index is 12.0. The highest BCUT2D eigenvalue weighted by molar-refractivity contribution is 7.99. The predicted octanol–water partition coefficient (Wildman–Crippen LogP) is 3.06. The number of nitriles is 1. The van der Waals surface area contributed by atoms with Crippen molar-refractivity contribution in [1.29, 1.82) is 5.26 Å². The van der Waals surface area contributed by atoms with E-state index in [0.717, 1.165) is 4.90 Å². The molecule has 0 aliphatic heterocycles. The van der Waals surface area contributed by atoms with Crippen molar-refractivity contribution in [1.82, 2.24) is 5.32 Å². The van der Waals surface area contributed by atoms with Crippen LogP contribution in [0.15, 0.2) is 46.0 Å². The lowest BCUT2D eigenvalue weighted by molar-refractivity contribution is -0.147. The van der Waals surface area contributed by atoms with Crippen molar-refractivity contribution < 1.29 is 19.1 Å². The van der Waals surface area contributed by atoms with Gasteiger partial charge in [0, 0.05) is 28.8 Å². The first-order valence-electron chi connectivity index (χ1n) is 8.45. The summed E-state index contributed by atoms with van der Waals surface area (Å²) in [6.07, 6.45) is 0.524. The summed E-state index contributed by atoms with van der Waals surface area (Å²) in [4.78, 5) is 36.2. The van der Waals surface area contributed by atoms with Crippen molar-refractivity contribution in [3.8, 4) is 6.07 Å². The number of carbonyl (C=O) groups excluding carboxylic acids is 3. The molecule has 1 aromatic heterocycles. The Labute approximate surface area is 171 Å². The molecule has 28 heavy (non-hydrogen) atoms. The van der Waals surface area contributed by atoms with Gasteiger partial charge in [-0.1, -0.05) is 12.1 Å². The summed E-state index contributed by atoms with van der Waals surface area (Å²) in [5.41, 5.74) is 1.16. The molecule has 1 heterocycles. The molecule has 0 saturated heterocycles. The Hall–Kier alpha value is -2.83. The van der Waals surface area contributed by atoms with Crippen molar-refractivity contribution in [2.75, 3.05) is 24.2 Å². The number of esters is 1. The number of rotatable bonds is 10. The summed E-state index contributed by atoms with van der Waals surface area (Å²) in [5.74, 6) is -0.872. The summed E-state index contributed by atoms with van der Waals surface area (Å²) in [6.45, 7) is -0.0448. The van der Waals surface area contributed by atoms with Crippen molar-refractivity contribution in [2.45, 2.75) is 17.7 Å². The monoisotopic (exact) mass is 417 g/mol. The molecule has 0 atom stereocenters. The zero-order valence-corrected chi connectivity index (χ0v) is 16.6. The largest absolute Gasteiger partial charge is 0.456 e. The van der Waals surface area contributed by atoms with E-state index in [9.17, 15) is 14.4 Å². The van der Waals surface area contributed by atoms with Crippen LogP contribution in [0.1, 0.15) is 23.2 Å². The predicted molar refractivity (Wildman–Crippen MR) is 108 cm³/mol. The molecular weight excluding hydrogens is 398 g/mol. The van der Waals surface area contributed by atoms with E-state index in [1.807, 2.05) is 17.5 Å². The number of hydrogen-bond donors (Lipinski definition) is 2. The van der Waals surface area contributed by atoms with E-state index in [1.54, 1.807) is 29.6 Å². The van der Waals surface area contributed by atoms with E-state index in [-0.39, 0.29) is 18.1 Å². The minimum absolute atomic E-state index is 0.103. The molecule has 0 bridgehead atoms. The van der Waals surface area contributed by atoms with Crippen LogP contribution in [0, 0.1) is 11.3 Å². The molecule has 7 nitrogen and oxygen atoms in total. The third-order valence-corrected chi connectivity index (χ3v) is 5.07. The topological polar surface area (TPSA) is 108 Å². The number of ether oxygens (including phenoxy) is 1. The zero-order chi connectivity index (χ0) is 20.2. The lowest BCUT2D eigenvalue weighted by Crippen LogP contribution is -2.25. The number of thioether (sulfide) groups is 1. The Morgan fingerprint density at radius 3 is 2.79 bits per heavy atom. The second-order valence-corrected chi connectivity index (χ2v) is 7.32. The van der Waals surface area contributed by atoms with Crippen LogP contribution in [0.2, 0.25) is 0 Å². The van der Waals surface area contributed by atoms with Crippen molar-refractivity contribution in [3.05, 3.63) is 46.7 Å². The van der Waals surface area contributed by atoms with Gasteiger partial charge >= 0.3 is 5.97 Å². The SMILES string of the molecule is N#CCSc1ccccc1NC(=O)COC(=O)CCCNC(=O)c1ccsc1. The van der Waals surface area contributed by atoms with Gasteiger partial charge in [-0.15, -0.1) is 11.8 Å². The molecule has 0 spiro atoms. The minimum Gasteiger partial charge on any atom is -0.456 e. The molecule has 2 N–H and O–H groups in total. The summed E-state index contributed by atoms with van der Waals surface area (Å²) in [7, 11) is 0. The van der Waals surface area contributed by atoms with Gasteiger partial charge in [0.15, 0.2) is 6.61 Å². The maximum absolute atomic E-state index is 12.0. The van der Waals surface area contributed by atoms with Crippen LogP contribution < -0.4 is 10.6 Å². The van der Waals surface area contributed by atoms with Gasteiger partial charge in [0.25, 0.3) is 11.8 Å². The van der Waals surface area contributed by atoms with E-state index in [0.29, 0.717) is 24.2 Å². The number of hydrogen-bond acceptors (Lipinski definition) is 7.